The van der Waals surface area contributed by atoms with Crippen LogP contribution in [0.1, 0.15) is 31.2 Å². The summed E-state index contributed by atoms with van der Waals surface area (Å²) in [7, 11) is 0. The van der Waals surface area contributed by atoms with Gasteiger partial charge in [0.15, 0.2) is 0 Å². The van der Waals surface area contributed by atoms with Gasteiger partial charge in [0, 0.05) is 17.8 Å². The minimum atomic E-state index is -0.181. The average molecular weight is 273 g/mol. The van der Waals surface area contributed by atoms with Crippen molar-refractivity contribution in [2.75, 3.05) is 16.0 Å². The minimum absolute atomic E-state index is 0.0357. The highest BCUT2D eigenvalue weighted by Crippen LogP contribution is 2.43. The fourth-order valence-corrected chi connectivity index (χ4v) is 4.05. The number of hydrogen-bond acceptors (Lipinski definition) is 4. The van der Waals surface area contributed by atoms with Crippen LogP contribution in [-0.4, -0.2) is 29.2 Å². The Bertz CT molecular complexity index is 573. The second kappa shape index (κ2) is 4.12. The van der Waals surface area contributed by atoms with Gasteiger partial charge in [-0.15, -0.1) is 0 Å². The third-order valence-electron chi connectivity index (χ3n) is 4.86. The number of rotatable bonds is 1. The van der Waals surface area contributed by atoms with E-state index in [1.807, 2.05) is 12.1 Å². The van der Waals surface area contributed by atoms with Gasteiger partial charge in [-0.1, -0.05) is 0 Å². The molecular formula is C15H19N3O2. The number of anilines is 3. The van der Waals surface area contributed by atoms with Crippen LogP contribution in [0.25, 0.3) is 0 Å². The Morgan fingerprint density at radius 3 is 2.65 bits per heavy atom. The molecular weight excluding hydrogens is 254 g/mol. The predicted molar refractivity (Wildman–Crippen MR) is 77.7 cm³/mol. The van der Waals surface area contributed by atoms with Crippen molar-refractivity contribution in [1.29, 1.82) is 0 Å². The van der Waals surface area contributed by atoms with E-state index in [4.69, 9.17) is 5.73 Å². The third kappa shape index (κ3) is 1.69. The summed E-state index contributed by atoms with van der Waals surface area (Å²) in [5.74, 6) is 0.0357. The number of benzene rings is 1. The zero-order valence-electron chi connectivity index (χ0n) is 11.3. The molecule has 106 valence electrons. The molecule has 4 N–H and O–H groups in total. The van der Waals surface area contributed by atoms with Crippen molar-refractivity contribution < 1.29 is 9.90 Å². The first-order valence-corrected chi connectivity index (χ1v) is 7.30. The smallest absolute Gasteiger partial charge is 0.228 e. The van der Waals surface area contributed by atoms with Crippen molar-refractivity contribution >= 4 is 23.0 Å². The third-order valence-corrected chi connectivity index (χ3v) is 4.86. The van der Waals surface area contributed by atoms with Crippen molar-refractivity contribution in [2.24, 2.45) is 0 Å². The van der Waals surface area contributed by atoms with Gasteiger partial charge in [-0.2, -0.15) is 0 Å². The van der Waals surface area contributed by atoms with Crippen molar-refractivity contribution in [2.45, 2.75) is 50.3 Å². The zero-order valence-corrected chi connectivity index (χ0v) is 11.3. The molecule has 1 aromatic carbocycles. The first-order chi connectivity index (χ1) is 9.61. The molecule has 0 aliphatic carbocycles. The Morgan fingerprint density at radius 1 is 1.25 bits per heavy atom. The molecule has 0 spiro atoms. The number of nitrogens with one attached hydrogen (secondary N) is 1. The molecule has 1 aromatic rings. The van der Waals surface area contributed by atoms with Crippen LogP contribution in [0.5, 0.6) is 0 Å². The normalized spacial score (nSPS) is 31.4. The maximum atomic E-state index is 11.5. The Balaban J connectivity index is 1.73. The van der Waals surface area contributed by atoms with Crippen molar-refractivity contribution in [3.05, 3.63) is 17.7 Å². The number of amides is 1. The van der Waals surface area contributed by atoms with Crippen molar-refractivity contribution in [3.8, 4) is 0 Å². The van der Waals surface area contributed by atoms with Gasteiger partial charge in [-0.25, -0.2) is 0 Å². The number of nitrogens with two attached hydrogens (primary N) is 1. The lowest BCUT2D eigenvalue weighted by Gasteiger charge is -2.39. The molecule has 20 heavy (non-hydrogen) atoms. The molecule has 3 aliphatic heterocycles. The SMILES string of the molecule is Nc1cc2c(cc1N1C3CCC1CC(O)C3)NC(=O)C2. The van der Waals surface area contributed by atoms with Crippen LogP contribution in [0.3, 0.4) is 0 Å². The molecule has 2 unspecified atom stereocenters. The van der Waals surface area contributed by atoms with Crippen LogP contribution in [0, 0.1) is 0 Å². The molecule has 3 aliphatic rings. The number of aliphatic hydroxyl groups excluding tert-OH is 1. The van der Waals surface area contributed by atoms with E-state index >= 15 is 0 Å². The average Bonchev–Trinajstić information content (AvgIpc) is 2.85. The first-order valence-electron chi connectivity index (χ1n) is 7.30. The van der Waals surface area contributed by atoms with E-state index in [9.17, 15) is 9.90 Å². The molecule has 2 atom stereocenters. The lowest BCUT2D eigenvalue weighted by Crippen LogP contribution is -2.45. The summed E-state index contributed by atoms with van der Waals surface area (Å²) < 4.78 is 0. The molecule has 5 heteroatoms. The zero-order chi connectivity index (χ0) is 13.9. The Hall–Kier alpha value is -1.75. The lowest BCUT2D eigenvalue weighted by molar-refractivity contribution is -0.115. The summed E-state index contributed by atoms with van der Waals surface area (Å²) in [6.45, 7) is 0. The van der Waals surface area contributed by atoms with Crippen LogP contribution >= 0.6 is 0 Å². The van der Waals surface area contributed by atoms with Gasteiger partial charge in [0.1, 0.15) is 0 Å². The van der Waals surface area contributed by atoms with Crippen LogP contribution in [0.2, 0.25) is 0 Å². The van der Waals surface area contributed by atoms with E-state index in [1.54, 1.807) is 0 Å². The number of nitrogens with zero attached hydrogens (tertiary/aromatic N) is 1. The first kappa shape index (κ1) is 12.0. The van der Waals surface area contributed by atoms with Gasteiger partial charge in [0.25, 0.3) is 0 Å². The van der Waals surface area contributed by atoms with Gasteiger partial charge >= 0.3 is 0 Å². The van der Waals surface area contributed by atoms with E-state index in [0.29, 0.717) is 18.5 Å². The Labute approximate surface area is 117 Å². The van der Waals surface area contributed by atoms with E-state index in [-0.39, 0.29) is 12.0 Å². The van der Waals surface area contributed by atoms with E-state index in [2.05, 4.69) is 10.2 Å². The predicted octanol–water partition coefficient (Wildman–Crippen LogP) is 1.26. The second-order valence-electron chi connectivity index (χ2n) is 6.21. The van der Waals surface area contributed by atoms with E-state index in [1.165, 1.54) is 0 Å². The summed E-state index contributed by atoms with van der Waals surface area (Å²) in [5.41, 5.74) is 9.86. The van der Waals surface area contributed by atoms with Crippen molar-refractivity contribution in [3.63, 3.8) is 0 Å². The molecule has 0 saturated carbocycles. The van der Waals surface area contributed by atoms with Gasteiger partial charge < -0.3 is 21.1 Å². The standard InChI is InChI=1S/C15H19N3O2/c16-12-3-8-4-15(20)17-13(8)7-14(12)18-9-1-2-10(18)6-11(19)5-9/h3,7,9-11,19H,1-2,4-6,16H2,(H,17,20). The fourth-order valence-electron chi connectivity index (χ4n) is 4.05. The second-order valence-corrected chi connectivity index (χ2v) is 6.21. The van der Waals surface area contributed by atoms with Crippen molar-refractivity contribution in [1.82, 2.24) is 0 Å². The molecule has 1 amide bonds. The number of aliphatic hydroxyl groups is 1. The van der Waals surface area contributed by atoms with Crippen LogP contribution in [0.4, 0.5) is 17.1 Å². The molecule has 5 nitrogen and oxygen atoms in total. The molecule has 0 aromatic heterocycles. The van der Waals surface area contributed by atoms with Gasteiger partial charge in [0.2, 0.25) is 5.91 Å². The number of piperidine rings is 1. The molecule has 2 fully saturated rings. The van der Waals surface area contributed by atoms with Crippen LogP contribution < -0.4 is 16.0 Å². The quantitative estimate of drug-likeness (QED) is 0.673. The fraction of sp³-hybridized carbons (Fsp3) is 0.533. The lowest BCUT2D eigenvalue weighted by atomic mass is 9.98. The highest BCUT2D eigenvalue weighted by atomic mass is 16.3. The highest BCUT2D eigenvalue weighted by Gasteiger charge is 2.41. The number of hydrogen-bond donors (Lipinski definition) is 3. The summed E-state index contributed by atoms with van der Waals surface area (Å²) in [6.07, 6.45) is 4.11. The highest BCUT2D eigenvalue weighted by molar-refractivity contribution is 6.01. The maximum Gasteiger partial charge on any atom is 0.228 e. The Kier molecular flexibility index (Phi) is 2.48. The molecule has 2 bridgehead atoms. The summed E-state index contributed by atoms with van der Waals surface area (Å²) in [5, 5.41) is 12.8. The number of carbonyl (C=O) groups is 1. The minimum Gasteiger partial charge on any atom is -0.397 e. The molecule has 2 saturated heterocycles. The topological polar surface area (TPSA) is 78.6 Å². The summed E-state index contributed by atoms with van der Waals surface area (Å²) in [4.78, 5) is 13.9. The summed E-state index contributed by atoms with van der Waals surface area (Å²) in [6, 6.07) is 4.69. The number of fused-ring (bicyclic) bond motifs is 3. The summed E-state index contributed by atoms with van der Waals surface area (Å²) >= 11 is 0. The Morgan fingerprint density at radius 2 is 1.95 bits per heavy atom. The number of carbonyl (C=O) groups excluding carboxylic acids is 1. The van der Waals surface area contributed by atoms with Crippen LogP contribution in [0.15, 0.2) is 12.1 Å². The molecule has 3 heterocycles. The molecule has 0 radical (unpaired) electrons. The number of nitrogen functional groups attached to an aromatic ring is 1. The molecule has 4 rings (SSSR count). The van der Waals surface area contributed by atoms with Crippen LogP contribution in [-0.2, 0) is 11.2 Å². The largest absolute Gasteiger partial charge is 0.397 e. The van der Waals surface area contributed by atoms with Gasteiger partial charge in [-0.05, 0) is 43.4 Å². The van der Waals surface area contributed by atoms with Gasteiger partial charge in [-0.3, -0.25) is 4.79 Å². The monoisotopic (exact) mass is 273 g/mol. The van der Waals surface area contributed by atoms with E-state index in [0.717, 1.165) is 48.3 Å². The maximum absolute atomic E-state index is 11.5. The van der Waals surface area contributed by atoms with Gasteiger partial charge in [0.05, 0.1) is 23.9 Å². The van der Waals surface area contributed by atoms with E-state index < -0.39 is 0 Å².